The molecule has 1 fully saturated rings. The summed E-state index contributed by atoms with van der Waals surface area (Å²) in [5, 5.41) is 4.50. The van der Waals surface area contributed by atoms with Gasteiger partial charge >= 0.3 is 0 Å². The molecule has 0 aliphatic carbocycles. The molecule has 3 aromatic rings. The monoisotopic (exact) mass is 545 g/mol. The summed E-state index contributed by atoms with van der Waals surface area (Å²) in [7, 11) is 1.97. The van der Waals surface area contributed by atoms with E-state index in [1.807, 2.05) is 49.0 Å². The van der Waals surface area contributed by atoms with Crippen LogP contribution in [0.3, 0.4) is 0 Å². The van der Waals surface area contributed by atoms with Crippen molar-refractivity contribution in [3.8, 4) is 17.4 Å². The number of pyridine rings is 1. The highest BCUT2D eigenvalue weighted by Gasteiger charge is 2.28. The standard InChI is InChI=1S/C32H43N5O3/c1-24-28(25(2)35(3)34-24)14-15-31(38)36-20-16-27(17-21-36)37-19-8-4-5-9-22-39-29-12-6-7-13-30(29)40-32-26(23-37)11-10-18-33-32/h6-7,10-13,18,27H,4-5,8-9,14-17,19-23H2,1-3H3. The van der Waals surface area contributed by atoms with Crippen LogP contribution in [0.5, 0.6) is 17.4 Å². The van der Waals surface area contributed by atoms with Gasteiger partial charge in [-0.15, -0.1) is 0 Å². The molecular formula is C32H43N5O3. The minimum Gasteiger partial charge on any atom is -0.490 e. The molecule has 40 heavy (non-hydrogen) atoms. The molecular weight excluding hydrogens is 502 g/mol. The van der Waals surface area contributed by atoms with E-state index in [1.165, 1.54) is 12.0 Å². The second-order valence-electron chi connectivity index (χ2n) is 11.1. The van der Waals surface area contributed by atoms with Crippen molar-refractivity contribution in [2.24, 2.45) is 7.05 Å². The van der Waals surface area contributed by atoms with Crippen LogP contribution in [0.2, 0.25) is 0 Å². The van der Waals surface area contributed by atoms with E-state index in [4.69, 9.17) is 9.47 Å². The number of para-hydroxylation sites is 2. The smallest absolute Gasteiger partial charge is 0.223 e. The fraction of sp³-hybridized carbons (Fsp3) is 0.531. The molecule has 214 valence electrons. The van der Waals surface area contributed by atoms with Crippen LogP contribution in [0.4, 0.5) is 0 Å². The maximum atomic E-state index is 13.1. The van der Waals surface area contributed by atoms with E-state index >= 15 is 0 Å². The number of piperidine rings is 1. The lowest BCUT2D eigenvalue weighted by Gasteiger charge is -2.39. The van der Waals surface area contributed by atoms with Gasteiger partial charge < -0.3 is 14.4 Å². The van der Waals surface area contributed by atoms with Crippen molar-refractivity contribution < 1.29 is 14.3 Å². The molecule has 0 atom stereocenters. The van der Waals surface area contributed by atoms with Crippen molar-refractivity contribution in [3.05, 3.63) is 65.1 Å². The van der Waals surface area contributed by atoms with Crippen LogP contribution in [0, 0.1) is 13.8 Å². The predicted octanol–water partition coefficient (Wildman–Crippen LogP) is 5.60. The molecule has 1 amide bonds. The first-order valence-electron chi connectivity index (χ1n) is 14.8. The summed E-state index contributed by atoms with van der Waals surface area (Å²) < 4.78 is 14.3. The predicted molar refractivity (Wildman–Crippen MR) is 156 cm³/mol. The average molecular weight is 546 g/mol. The van der Waals surface area contributed by atoms with E-state index in [9.17, 15) is 4.79 Å². The van der Waals surface area contributed by atoms with E-state index in [2.05, 4.69) is 32.9 Å². The summed E-state index contributed by atoms with van der Waals surface area (Å²) in [6.07, 6.45) is 9.58. The minimum atomic E-state index is 0.255. The van der Waals surface area contributed by atoms with Crippen molar-refractivity contribution in [1.82, 2.24) is 24.6 Å². The Morgan fingerprint density at radius 1 is 0.975 bits per heavy atom. The molecule has 2 aliphatic heterocycles. The highest BCUT2D eigenvalue weighted by molar-refractivity contribution is 5.76. The van der Waals surface area contributed by atoms with Gasteiger partial charge in [-0.05, 0) is 76.3 Å². The second kappa shape index (κ2) is 13.3. The maximum Gasteiger partial charge on any atom is 0.223 e. The van der Waals surface area contributed by atoms with Crippen molar-refractivity contribution in [2.45, 2.75) is 77.8 Å². The summed E-state index contributed by atoms with van der Waals surface area (Å²) in [4.78, 5) is 22.4. The topological polar surface area (TPSA) is 72.7 Å². The van der Waals surface area contributed by atoms with Gasteiger partial charge in [0, 0.05) is 56.6 Å². The number of likely N-dealkylation sites (tertiary alicyclic amines) is 1. The molecule has 1 saturated heterocycles. The number of amides is 1. The molecule has 4 heterocycles. The first-order chi connectivity index (χ1) is 19.5. The zero-order chi connectivity index (χ0) is 27.9. The zero-order valence-corrected chi connectivity index (χ0v) is 24.3. The molecule has 0 saturated carbocycles. The minimum absolute atomic E-state index is 0.255. The Labute approximate surface area is 238 Å². The SMILES string of the molecule is Cc1nn(C)c(C)c1CCC(=O)N1CCC(N2CCCCCCOc3ccccc3Oc3ncccc3C2)CC1. The zero-order valence-electron chi connectivity index (χ0n) is 24.3. The summed E-state index contributed by atoms with van der Waals surface area (Å²) in [5.41, 5.74) is 4.47. The molecule has 2 aromatic heterocycles. The number of carbonyl (C=O) groups is 1. The number of hydrogen-bond donors (Lipinski definition) is 0. The third-order valence-electron chi connectivity index (χ3n) is 8.46. The van der Waals surface area contributed by atoms with Gasteiger partial charge in [0.25, 0.3) is 0 Å². The van der Waals surface area contributed by atoms with E-state index in [-0.39, 0.29) is 5.91 Å². The maximum absolute atomic E-state index is 13.1. The molecule has 2 aliphatic rings. The molecule has 0 radical (unpaired) electrons. The van der Waals surface area contributed by atoms with Crippen LogP contribution in [-0.2, 0) is 24.8 Å². The Kier molecular flexibility index (Phi) is 9.37. The van der Waals surface area contributed by atoms with Crippen molar-refractivity contribution in [2.75, 3.05) is 26.2 Å². The van der Waals surface area contributed by atoms with E-state index in [0.717, 1.165) is 87.4 Å². The molecule has 5 rings (SSSR count). The lowest BCUT2D eigenvalue weighted by atomic mass is 10.0. The Balaban J connectivity index is 1.24. The Morgan fingerprint density at radius 3 is 2.52 bits per heavy atom. The molecule has 8 nitrogen and oxygen atoms in total. The van der Waals surface area contributed by atoms with Crippen LogP contribution in [0.1, 0.15) is 67.5 Å². The summed E-state index contributed by atoms with van der Waals surface area (Å²) in [6, 6.07) is 12.4. The van der Waals surface area contributed by atoms with E-state index in [0.29, 0.717) is 30.7 Å². The quantitative estimate of drug-likeness (QED) is 0.425. The normalized spacial score (nSPS) is 17.7. The third kappa shape index (κ3) is 6.84. The van der Waals surface area contributed by atoms with Crippen LogP contribution < -0.4 is 9.47 Å². The van der Waals surface area contributed by atoms with Crippen LogP contribution in [0.15, 0.2) is 42.6 Å². The highest BCUT2D eigenvalue weighted by Crippen LogP contribution is 2.33. The van der Waals surface area contributed by atoms with E-state index < -0.39 is 0 Å². The number of aromatic nitrogens is 3. The number of aryl methyl sites for hydroxylation is 2. The molecule has 8 heteroatoms. The van der Waals surface area contributed by atoms with Crippen LogP contribution in [-0.4, -0.2) is 62.8 Å². The molecule has 0 bridgehead atoms. The van der Waals surface area contributed by atoms with Gasteiger partial charge in [0.05, 0.1) is 12.3 Å². The number of nitrogens with zero attached hydrogens (tertiary/aromatic N) is 5. The molecule has 0 N–H and O–H groups in total. The highest BCUT2D eigenvalue weighted by atomic mass is 16.5. The van der Waals surface area contributed by atoms with Gasteiger partial charge in [0.1, 0.15) is 0 Å². The molecule has 0 spiro atoms. The molecule has 1 aromatic carbocycles. The first-order valence-corrected chi connectivity index (χ1v) is 14.8. The van der Waals surface area contributed by atoms with Gasteiger partial charge in [-0.2, -0.15) is 5.10 Å². The summed E-state index contributed by atoms with van der Waals surface area (Å²) >= 11 is 0. The van der Waals surface area contributed by atoms with Crippen molar-refractivity contribution >= 4 is 5.91 Å². The summed E-state index contributed by atoms with van der Waals surface area (Å²) in [6.45, 7) is 8.24. The lowest BCUT2D eigenvalue weighted by Crippen LogP contribution is -2.47. The van der Waals surface area contributed by atoms with Crippen molar-refractivity contribution in [3.63, 3.8) is 0 Å². The number of fused-ring (bicyclic) bond motifs is 2. The van der Waals surface area contributed by atoms with Crippen molar-refractivity contribution in [1.29, 1.82) is 0 Å². The van der Waals surface area contributed by atoms with Crippen LogP contribution in [0.25, 0.3) is 0 Å². The van der Waals surface area contributed by atoms with Gasteiger partial charge in [-0.1, -0.05) is 31.0 Å². The number of carbonyl (C=O) groups excluding carboxylic acids is 1. The van der Waals surface area contributed by atoms with Gasteiger partial charge in [0.15, 0.2) is 11.5 Å². The number of hydrogen-bond acceptors (Lipinski definition) is 6. The average Bonchev–Trinajstić information content (AvgIpc) is 3.21. The Bertz CT molecular complexity index is 1280. The number of ether oxygens (including phenoxy) is 2. The molecule has 0 unspecified atom stereocenters. The fourth-order valence-corrected chi connectivity index (χ4v) is 6.01. The third-order valence-corrected chi connectivity index (χ3v) is 8.46. The Morgan fingerprint density at radius 2 is 1.75 bits per heavy atom. The summed E-state index contributed by atoms with van der Waals surface area (Å²) in [5.74, 6) is 2.36. The fourth-order valence-electron chi connectivity index (χ4n) is 6.01. The van der Waals surface area contributed by atoms with Gasteiger partial charge in [-0.25, -0.2) is 4.98 Å². The largest absolute Gasteiger partial charge is 0.490 e. The number of benzene rings is 1. The number of rotatable bonds is 4. The second-order valence-corrected chi connectivity index (χ2v) is 11.1. The van der Waals surface area contributed by atoms with Gasteiger partial charge in [0.2, 0.25) is 11.8 Å². The first kappa shape index (κ1) is 28.1. The Hall–Kier alpha value is -3.39. The van der Waals surface area contributed by atoms with E-state index in [1.54, 1.807) is 6.20 Å². The van der Waals surface area contributed by atoms with Crippen LogP contribution >= 0.6 is 0 Å². The lowest BCUT2D eigenvalue weighted by molar-refractivity contribution is -0.132. The van der Waals surface area contributed by atoms with Gasteiger partial charge in [-0.3, -0.25) is 14.4 Å².